The lowest BCUT2D eigenvalue weighted by molar-refractivity contribution is 0.768. The first kappa shape index (κ1) is 10.6. The predicted octanol–water partition coefficient (Wildman–Crippen LogP) is 1.56. The third-order valence-electron chi connectivity index (χ3n) is 1.85. The smallest absolute Gasteiger partial charge is 0.0925 e. The molecule has 4 heteroatoms. The van der Waals surface area contributed by atoms with E-state index >= 15 is 0 Å². The Morgan fingerprint density at radius 3 is 3.08 bits per heavy atom. The standard InChI is InChI=1S/C9H17N3S/c1-3-10-4-5-13-6-9-8(2)11-7-12-9/h7,10H,3-6H2,1-2H3,(H,11,12). The number of hydrogen-bond donors (Lipinski definition) is 2. The van der Waals surface area contributed by atoms with Gasteiger partial charge in [-0.15, -0.1) is 0 Å². The number of thioether (sulfide) groups is 1. The van der Waals surface area contributed by atoms with E-state index in [0.717, 1.165) is 24.6 Å². The Morgan fingerprint density at radius 2 is 2.46 bits per heavy atom. The van der Waals surface area contributed by atoms with Crippen molar-refractivity contribution in [3.8, 4) is 0 Å². The molecule has 0 saturated carbocycles. The summed E-state index contributed by atoms with van der Waals surface area (Å²) in [5.41, 5.74) is 2.37. The first-order chi connectivity index (χ1) is 6.34. The van der Waals surface area contributed by atoms with Crippen LogP contribution in [0.4, 0.5) is 0 Å². The zero-order valence-electron chi connectivity index (χ0n) is 8.26. The molecule has 0 aliphatic carbocycles. The quantitative estimate of drug-likeness (QED) is 0.683. The van der Waals surface area contributed by atoms with Crippen LogP contribution in [0.15, 0.2) is 6.33 Å². The van der Waals surface area contributed by atoms with E-state index in [9.17, 15) is 0 Å². The molecule has 0 radical (unpaired) electrons. The molecule has 0 atom stereocenters. The summed E-state index contributed by atoms with van der Waals surface area (Å²) >= 11 is 1.92. The molecule has 1 aromatic heterocycles. The van der Waals surface area contributed by atoms with Crippen molar-refractivity contribution >= 4 is 11.8 Å². The van der Waals surface area contributed by atoms with Gasteiger partial charge in [-0.05, 0) is 13.5 Å². The van der Waals surface area contributed by atoms with Crippen LogP contribution in [-0.4, -0.2) is 28.8 Å². The monoisotopic (exact) mass is 199 g/mol. The van der Waals surface area contributed by atoms with Gasteiger partial charge in [0.15, 0.2) is 0 Å². The number of nitrogens with zero attached hydrogens (tertiary/aromatic N) is 1. The number of nitrogens with one attached hydrogen (secondary N) is 2. The fourth-order valence-corrected chi connectivity index (χ4v) is 1.94. The highest BCUT2D eigenvalue weighted by atomic mass is 32.2. The lowest BCUT2D eigenvalue weighted by Gasteiger charge is -2.00. The maximum Gasteiger partial charge on any atom is 0.0925 e. The van der Waals surface area contributed by atoms with Gasteiger partial charge < -0.3 is 10.3 Å². The van der Waals surface area contributed by atoms with Crippen LogP contribution < -0.4 is 5.32 Å². The highest BCUT2D eigenvalue weighted by Gasteiger charge is 1.99. The van der Waals surface area contributed by atoms with E-state index in [1.165, 1.54) is 11.4 Å². The van der Waals surface area contributed by atoms with Gasteiger partial charge >= 0.3 is 0 Å². The molecule has 0 aliphatic rings. The maximum absolute atomic E-state index is 4.24. The fraction of sp³-hybridized carbons (Fsp3) is 0.667. The highest BCUT2D eigenvalue weighted by Crippen LogP contribution is 2.11. The topological polar surface area (TPSA) is 40.7 Å². The van der Waals surface area contributed by atoms with Crippen LogP contribution in [0.1, 0.15) is 18.3 Å². The second kappa shape index (κ2) is 6.05. The number of aromatic nitrogens is 2. The number of rotatable bonds is 6. The summed E-state index contributed by atoms with van der Waals surface area (Å²) in [6, 6.07) is 0. The number of imidazole rings is 1. The summed E-state index contributed by atoms with van der Waals surface area (Å²) < 4.78 is 0. The predicted molar refractivity (Wildman–Crippen MR) is 58.0 cm³/mol. The highest BCUT2D eigenvalue weighted by molar-refractivity contribution is 7.98. The second-order valence-electron chi connectivity index (χ2n) is 2.88. The van der Waals surface area contributed by atoms with Gasteiger partial charge in [0, 0.05) is 23.7 Å². The van der Waals surface area contributed by atoms with E-state index in [0.29, 0.717) is 0 Å². The van der Waals surface area contributed by atoms with Crippen molar-refractivity contribution in [3.05, 3.63) is 17.7 Å². The molecule has 0 aliphatic heterocycles. The van der Waals surface area contributed by atoms with Crippen LogP contribution in [0.3, 0.4) is 0 Å². The third kappa shape index (κ3) is 3.83. The Bertz CT molecular complexity index is 235. The Morgan fingerprint density at radius 1 is 1.62 bits per heavy atom. The van der Waals surface area contributed by atoms with Gasteiger partial charge in [-0.25, -0.2) is 4.98 Å². The van der Waals surface area contributed by atoms with Crippen molar-refractivity contribution < 1.29 is 0 Å². The average molecular weight is 199 g/mol. The van der Waals surface area contributed by atoms with E-state index in [-0.39, 0.29) is 0 Å². The molecule has 1 aromatic rings. The fourth-order valence-electron chi connectivity index (χ4n) is 1.02. The van der Waals surface area contributed by atoms with Crippen LogP contribution in [-0.2, 0) is 5.75 Å². The zero-order valence-corrected chi connectivity index (χ0v) is 9.08. The molecule has 2 N–H and O–H groups in total. The molecule has 0 unspecified atom stereocenters. The van der Waals surface area contributed by atoms with E-state index in [2.05, 4.69) is 29.1 Å². The van der Waals surface area contributed by atoms with Gasteiger partial charge in [0.05, 0.1) is 12.0 Å². The molecule has 13 heavy (non-hydrogen) atoms. The molecule has 1 rings (SSSR count). The second-order valence-corrected chi connectivity index (χ2v) is 3.99. The van der Waals surface area contributed by atoms with Crippen molar-refractivity contribution in [2.24, 2.45) is 0 Å². The Labute approximate surface area is 83.7 Å². The summed E-state index contributed by atoms with van der Waals surface area (Å²) in [5.74, 6) is 2.17. The number of aromatic amines is 1. The van der Waals surface area contributed by atoms with E-state index in [4.69, 9.17) is 0 Å². The molecule has 74 valence electrons. The minimum Gasteiger partial charge on any atom is -0.348 e. The Hall–Kier alpha value is -0.480. The molecule has 0 spiro atoms. The minimum atomic E-state index is 1.01. The van der Waals surface area contributed by atoms with Crippen molar-refractivity contribution in [1.82, 2.24) is 15.3 Å². The molecule has 0 saturated heterocycles. The van der Waals surface area contributed by atoms with Gasteiger partial charge in [0.2, 0.25) is 0 Å². The lowest BCUT2D eigenvalue weighted by atomic mass is 10.4. The zero-order chi connectivity index (χ0) is 9.52. The van der Waals surface area contributed by atoms with E-state index in [1.807, 2.05) is 11.8 Å². The number of aryl methyl sites for hydroxylation is 1. The number of hydrogen-bond acceptors (Lipinski definition) is 3. The Kier molecular flexibility index (Phi) is 4.93. The summed E-state index contributed by atoms with van der Waals surface area (Å²) in [6.45, 7) is 6.34. The minimum absolute atomic E-state index is 1.01. The van der Waals surface area contributed by atoms with Crippen LogP contribution in [0.2, 0.25) is 0 Å². The van der Waals surface area contributed by atoms with Crippen LogP contribution >= 0.6 is 11.8 Å². The Balaban J connectivity index is 2.10. The van der Waals surface area contributed by atoms with Crippen LogP contribution in [0.5, 0.6) is 0 Å². The molecule has 0 amide bonds. The largest absolute Gasteiger partial charge is 0.348 e. The molecular weight excluding hydrogens is 182 g/mol. The first-order valence-electron chi connectivity index (χ1n) is 4.62. The molecular formula is C9H17N3S. The van der Waals surface area contributed by atoms with Crippen molar-refractivity contribution in [3.63, 3.8) is 0 Å². The van der Waals surface area contributed by atoms with Gasteiger partial charge in [-0.1, -0.05) is 6.92 Å². The molecule has 1 heterocycles. The summed E-state index contributed by atoms with van der Waals surface area (Å²) in [7, 11) is 0. The molecule has 0 aromatic carbocycles. The third-order valence-corrected chi connectivity index (χ3v) is 2.82. The average Bonchev–Trinajstić information content (AvgIpc) is 2.52. The van der Waals surface area contributed by atoms with Gasteiger partial charge in [-0.3, -0.25) is 0 Å². The lowest BCUT2D eigenvalue weighted by Crippen LogP contribution is -2.15. The van der Waals surface area contributed by atoms with E-state index < -0.39 is 0 Å². The summed E-state index contributed by atoms with van der Waals surface area (Å²) in [4.78, 5) is 7.32. The summed E-state index contributed by atoms with van der Waals surface area (Å²) in [6.07, 6.45) is 1.76. The molecule has 0 fully saturated rings. The SMILES string of the molecule is CCNCCSCc1nc[nH]c1C. The van der Waals surface area contributed by atoms with Crippen molar-refractivity contribution in [2.75, 3.05) is 18.8 Å². The summed E-state index contributed by atoms with van der Waals surface area (Å²) in [5, 5.41) is 3.29. The van der Waals surface area contributed by atoms with Crippen molar-refractivity contribution in [1.29, 1.82) is 0 Å². The first-order valence-corrected chi connectivity index (χ1v) is 5.77. The number of H-pyrrole nitrogens is 1. The molecule has 0 bridgehead atoms. The van der Waals surface area contributed by atoms with Gasteiger partial charge in [0.1, 0.15) is 0 Å². The van der Waals surface area contributed by atoms with Crippen LogP contribution in [0.25, 0.3) is 0 Å². The maximum atomic E-state index is 4.24. The normalized spacial score (nSPS) is 10.6. The van der Waals surface area contributed by atoms with Gasteiger partial charge in [0.25, 0.3) is 0 Å². The van der Waals surface area contributed by atoms with Crippen LogP contribution in [0, 0.1) is 6.92 Å². The molecule has 3 nitrogen and oxygen atoms in total. The van der Waals surface area contributed by atoms with E-state index in [1.54, 1.807) is 6.33 Å². The van der Waals surface area contributed by atoms with Crippen molar-refractivity contribution in [2.45, 2.75) is 19.6 Å². The van der Waals surface area contributed by atoms with Gasteiger partial charge in [-0.2, -0.15) is 11.8 Å².